The molecule has 0 radical (unpaired) electrons. The van der Waals surface area contributed by atoms with Crippen LogP contribution in [0.15, 0.2) is 30.3 Å². The molecule has 2 saturated heterocycles. The quantitative estimate of drug-likeness (QED) is 0.775. The van der Waals surface area contributed by atoms with Gasteiger partial charge in [0.15, 0.2) is 0 Å². The lowest BCUT2D eigenvalue weighted by Gasteiger charge is -2.40. The van der Waals surface area contributed by atoms with E-state index in [1.54, 1.807) is 0 Å². The lowest BCUT2D eigenvalue weighted by Crippen LogP contribution is -2.61. The van der Waals surface area contributed by atoms with E-state index < -0.39 is 5.91 Å². The molecule has 1 aromatic carbocycles. The Bertz CT molecular complexity index is 503. The first kappa shape index (κ1) is 13.3. The topological polar surface area (TPSA) is 67.4 Å². The summed E-state index contributed by atoms with van der Waals surface area (Å²) in [6, 6.07) is 10.1. The van der Waals surface area contributed by atoms with Gasteiger partial charge in [-0.3, -0.25) is 9.59 Å². The van der Waals surface area contributed by atoms with Gasteiger partial charge >= 0.3 is 0 Å². The fourth-order valence-electron chi connectivity index (χ4n) is 2.89. The van der Waals surface area contributed by atoms with Gasteiger partial charge in [-0.05, 0) is 5.56 Å². The molecule has 1 amide bonds. The van der Waals surface area contributed by atoms with Gasteiger partial charge in [-0.2, -0.15) is 0 Å². The molecule has 0 spiro atoms. The normalized spacial score (nSPS) is 29.7. The molecule has 1 aromatic rings. The number of Topliss-reactive ketones (excluding diaryl/α,β-unsaturated/α-hetero) is 1. The highest BCUT2D eigenvalue weighted by Gasteiger charge is 2.41. The Kier molecular flexibility index (Phi) is 3.80. The van der Waals surface area contributed by atoms with Crippen molar-refractivity contribution in [2.75, 3.05) is 13.2 Å². The van der Waals surface area contributed by atoms with Crippen molar-refractivity contribution in [3.8, 4) is 0 Å². The van der Waals surface area contributed by atoms with Crippen LogP contribution in [0.4, 0.5) is 0 Å². The predicted octanol–water partition coefficient (Wildman–Crippen LogP) is 0.249. The largest absolute Gasteiger partial charge is 0.378 e. The molecule has 5 nitrogen and oxygen atoms in total. The molecule has 2 fully saturated rings. The van der Waals surface area contributed by atoms with Crippen molar-refractivity contribution in [3.63, 3.8) is 0 Å². The number of benzene rings is 1. The summed E-state index contributed by atoms with van der Waals surface area (Å²) in [7, 11) is 0. The van der Waals surface area contributed by atoms with E-state index in [4.69, 9.17) is 4.74 Å². The van der Waals surface area contributed by atoms with E-state index in [0.29, 0.717) is 19.6 Å². The minimum atomic E-state index is -0.474. The summed E-state index contributed by atoms with van der Waals surface area (Å²) in [6.07, 6.45) is 0.312. The van der Waals surface area contributed by atoms with Crippen LogP contribution in [0, 0.1) is 5.92 Å². The van der Waals surface area contributed by atoms with E-state index >= 15 is 0 Å². The van der Waals surface area contributed by atoms with Crippen molar-refractivity contribution >= 4 is 11.7 Å². The number of ether oxygens (including phenoxy) is 1. The van der Waals surface area contributed by atoms with Crippen LogP contribution in [0.5, 0.6) is 0 Å². The average molecular weight is 274 g/mol. The first-order valence-electron chi connectivity index (χ1n) is 6.93. The van der Waals surface area contributed by atoms with E-state index in [-0.39, 0.29) is 23.8 Å². The number of piperidine rings is 1. The lowest BCUT2D eigenvalue weighted by atomic mass is 9.82. The van der Waals surface area contributed by atoms with E-state index in [9.17, 15) is 9.59 Å². The fraction of sp³-hybridized carbons (Fsp3) is 0.467. The zero-order valence-electron chi connectivity index (χ0n) is 11.2. The number of hydrogen-bond acceptors (Lipinski definition) is 4. The molecule has 2 aliphatic heterocycles. The van der Waals surface area contributed by atoms with Gasteiger partial charge in [0.25, 0.3) is 5.91 Å². The number of hydrogen-bond donors (Lipinski definition) is 2. The summed E-state index contributed by atoms with van der Waals surface area (Å²) >= 11 is 0. The fourth-order valence-corrected chi connectivity index (χ4v) is 2.89. The van der Waals surface area contributed by atoms with Crippen LogP contribution in [0.3, 0.4) is 0 Å². The van der Waals surface area contributed by atoms with Crippen LogP contribution < -0.4 is 10.6 Å². The van der Waals surface area contributed by atoms with Crippen LogP contribution in [0.1, 0.15) is 12.0 Å². The van der Waals surface area contributed by atoms with Crippen LogP contribution in [-0.2, 0) is 20.9 Å². The van der Waals surface area contributed by atoms with E-state index in [1.165, 1.54) is 5.56 Å². The third kappa shape index (κ3) is 2.73. The van der Waals surface area contributed by atoms with Crippen molar-refractivity contribution in [3.05, 3.63) is 35.9 Å². The smallest absolute Gasteiger partial charge is 0.287 e. The summed E-state index contributed by atoms with van der Waals surface area (Å²) in [5, 5.41) is 6.19. The van der Waals surface area contributed by atoms with Gasteiger partial charge in [0, 0.05) is 24.9 Å². The average Bonchev–Trinajstić information content (AvgIpc) is 2.47. The molecule has 0 saturated carbocycles. The second-order valence-corrected chi connectivity index (χ2v) is 5.38. The Morgan fingerprint density at radius 3 is 2.80 bits per heavy atom. The van der Waals surface area contributed by atoms with Crippen LogP contribution in [0.2, 0.25) is 0 Å². The minimum absolute atomic E-state index is 0.0535. The summed E-state index contributed by atoms with van der Waals surface area (Å²) in [5.74, 6) is -0.670. The first-order valence-corrected chi connectivity index (χ1v) is 6.93. The molecular weight excluding hydrogens is 256 g/mol. The van der Waals surface area contributed by atoms with Gasteiger partial charge in [0.05, 0.1) is 19.3 Å². The number of rotatable bonds is 3. The lowest BCUT2D eigenvalue weighted by molar-refractivity contribution is -0.144. The Balaban J connectivity index is 1.64. The van der Waals surface area contributed by atoms with Gasteiger partial charge in [0.1, 0.15) is 0 Å². The predicted molar refractivity (Wildman–Crippen MR) is 72.9 cm³/mol. The van der Waals surface area contributed by atoms with Crippen molar-refractivity contribution in [1.82, 2.24) is 10.6 Å². The van der Waals surface area contributed by atoms with E-state index in [2.05, 4.69) is 22.8 Å². The van der Waals surface area contributed by atoms with Crippen molar-refractivity contribution in [2.45, 2.75) is 25.0 Å². The molecule has 2 N–H and O–H groups in total. The monoisotopic (exact) mass is 274 g/mol. The molecule has 3 atom stereocenters. The maximum Gasteiger partial charge on any atom is 0.287 e. The number of ketones is 1. The molecule has 2 heterocycles. The number of fused-ring (bicyclic) bond motifs is 1. The second-order valence-electron chi connectivity index (χ2n) is 5.38. The third-order valence-electron chi connectivity index (χ3n) is 4.03. The molecule has 2 aliphatic rings. The zero-order chi connectivity index (χ0) is 13.9. The van der Waals surface area contributed by atoms with Crippen LogP contribution in [0.25, 0.3) is 0 Å². The Hall–Kier alpha value is -1.72. The Morgan fingerprint density at radius 1 is 1.20 bits per heavy atom. The molecule has 20 heavy (non-hydrogen) atoms. The van der Waals surface area contributed by atoms with Gasteiger partial charge in [0.2, 0.25) is 5.78 Å². The molecule has 0 bridgehead atoms. The number of nitrogens with one attached hydrogen (secondary N) is 2. The van der Waals surface area contributed by atoms with Crippen LogP contribution >= 0.6 is 0 Å². The third-order valence-corrected chi connectivity index (χ3v) is 4.03. The summed E-state index contributed by atoms with van der Waals surface area (Å²) in [4.78, 5) is 23.0. The molecule has 0 aliphatic carbocycles. The summed E-state index contributed by atoms with van der Waals surface area (Å²) in [6.45, 7) is 1.81. The summed E-state index contributed by atoms with van der Waals surface area (Å²) in [5.41, 5.74) is 1.20. The number of carbonyl (C=O) groups excluding carboxylic acids is 2. The first-order chi connectivity index (χ1) is 9.74. The Morgan fingerprint density at radius 2 is 2.00 bits per heavy atom. The molecule has 5 heteroatoms. The molecular formula is C15H18N2O3. The van der Waals surface area contributed by atoms with Gasteiger partial charge in [-0.1, -0.05) is 30.3 Å². The standard InChI is InChI=1S/C15H18N2O3/c18-14-6-11-12(8-20-9-13(11)17-15(14)19)16-7-10-4-2-1-3-5-10/h1-5,11-13,16H,6-9H2,(H,17,19)/t11-,12+,13-/m1/s1. The van der Waals surface area contributed by atoms with Gasteiger partial charge in [-0.15, -0.1) is 0 Å². The van der Waals surface area contributed by atoms with Crippen molar-refractivity contribution in [2.24, 2.45) is 5.92 Å². The maximum atomic E-state index is 11.6. The Labute approximate surface area is 117 Å². The zero-order valence-corrected chi connectivity index (χ0v) is 11.2. The van der Waals surface area contributed by atoms with Crippen LogP contribution in [-0.4, -0.2) is 37.0 Å². The maximum absolute atomic E-state index is 11.6. The number of carbonyl (C=O) groups is 2. The van der Waals surface area contributed by atoms with E-state index in [1.807, 2.05) is 18.2 Å². The van der Waals surface area contributed by atoms with Crippen molar-refractivity contribution in [1.29, 1.82) is 0 Å². The van der Waals surface area contributed by atoms with Gasteiger partial charge in [-0.25, -0.2) is 0 Å². The molecule has 0 aromatic heterocycles. The highest BCUT2D eigenvalue weighted by atomic mass is 16.5. The second kappa shape index (κ2) is 5.73. The molecule has 3 rings (SSSR count). The molecule has 0 unspecified atom stereocenters. The highest BCUT2D eigenvalue weighted by molar-refractivity contribution is 6.36. The summed E-state index contributed by atoms with van der Waals surface area (Å²) < 4.78 is 5.54. The highest BCUT2D eigenvalue weighted by Crippen LogP contribution is 2.24. The van der Waals surface area contributed by atoms with Gasteiger partial charge < -0.3 is 15.4 Å². The van der Waals surface area contributed by atoms with E-state index in [0.717, 1.165) is 6.54 Å². The SMILES string of the molecule is O=C1C[C@@H]2[C@@H](NCc3ccccc3)COC[C@H]2NC1=O. The minimum Gasteiger partial charge on any atom is -0.378 e. The number of amides is 1. The van der Waals surface area contributed by atoms with Crippen molar-refractivity contribution < 1.29 is 14.3 Å². The molecule has 106 valence electrons.